The van der Waals surface area contributed by atoms with Crippen LogP contribution in [0.25, 0.3) is 11.1 Å². The Balaban J connectivity index is 1.40. The molecule has 0 bridgehead atoms. The van der Waals surface area contributed by atoms with Gasteiger partial charge in [-0.05, 0) is 36.4 Å². The van der Waals surface area contributed by atoms with Gasteiger partial charge in [-0.2, -0.15) is 0 Å². The van der Waals surface area contributed by atoms with Crippen LogP contribution in [0.1, 0.15) is 6.42 Å². The van der Waals surface area contributed by atoms with E-state index in [1.165, 1.54) is 4.57 Å². The average Bonchev–Trinajstić information content (AvgIpc) is 3.02. The summed E-state index contributed by atoms with van der Waals surface area (Å²) in [6.07, 6.45) is 0.146. The summed E-state index contributed by atoms with van der Waals surface area (Å²) in [7, 11) is 0. The molecule has 0 spiro atoms. The van der Waals surface area contributed by atoms with Gasteiger partial charge in [0.15, 0.2) is 5.58 Å². The second-order valence-electron chi connectivity index (χ2n) is 6.23. The molecule has 1 aromatic heterocycles. The van der Waals surface area contributed by atoms with E-state index in [0.29, 0.717) is 22.5 Å². The van der Waals surface area contributed by atoms with Crippen molar-refractivity contribution in [1.82, 2.24) is 4.57 Å². The van der Waals surface area contributed by atoms with Gasteiger partial charge in [-0.25, -0.2) is 4.79 Å². The zero-order valence-electron chi connectivity index (χ0n) is 15.0. The van der Waals surface area contributed by atoms with Crippen molar-refractivity contribution in [1.29, 1.82) is 0 Å². The van der Waals surface area contributed by atoms with Crippen LogP contribution in [0.4, 0.5) is 5.69 Å². The van der Waals surface area contributed by atoms with E-state index in [4.69, 9.17) is 9.15 Å². The summed E-state index contributed by atoms with van der Waals surface area (Å²) in [5, 5.41) is 2.83. The normalized spacial score (nSPS) is 10.7. The van der Waals surface area contributed by atoms with E-state index >= 15 is 0 Å². The molecule has 0 saturated carbocycles. The molecule has 28 heavy (non-hydrogen) atoms. The van der Waals surface area contributed by atoms with E-state index in [1.807, 2.05) is 48.5 Å². The topological polar surface area (TPSA) is 73.5 Å². The summed E-state index contributed by atoms with van der Waals surface area (Å²) >= 11 is 0. The number of carbonyl (C=O) groups is 1. The summed E-state index contributed by atoms with van der Waals surface area (Å²) in [6, 6.07) is 23.7. The van der Waals surface area contributed by atoms with Gasteiger partial charge >= 0.3 is 5.76 Å². The molecule has 1 amide bonds. The highest BCUT2D eigenvalue weighted by atomic mass is 16.5. The molecule has 1 N–H and O–H groups in total. The lowest BCUT2D eigenvalue weighted by Crippen LogP contribution is -2.19. The standard InChI is InChI=1S/C22H18N2O4/c25-21(13-14-24-19-11-4-5-12-20(19)28-22(24)26)23-16-7-6-10-18(15-16)27-17-8-2-1-3-9-17/h1-12,15H,13-14H2,(H,23,25). The third-order valence-electron chi connectivity index (χ3n) is 4.23. The largest absolute Gasteiger partial charge is 0.457 e. The quantitative estimate of drug-likeness (QED) is 0.542. The molecular weight excluding hydrogens is 356 g/mol. The van der Waals surface area contributed by atoms with Crippen LogP contribution in [0.5, 0.6) is 11.5 Å². The van der Waals surface area contributed by atoms with Gasteiger partial charge in [-0.15, -0.1) is 0 Å². The number of ether oxygens (including phenoxy) is 1. The average molecular weight is 374 g/mol. The van der Waals surface area contributed by atoms with Crippen LogP contribution in [0, 0.1) is 0 Å². The Morgan fingerprint density at radius 1 is 0.929 bits per heavy atom. The predicted molar refractivity (Wildman–Crippen MR) is 107 cm³/mol. The molecule has 6 heteroatoms. The molecule has 0 atom stereocenters. The number of anilines is 1. The van der Waals surface area contributed by atoms with Crippen molar-refractivity contribution in [2.45, 2.75) is 13.0 Å². The monoisotopic (exact) mass is 374 g/mol. The van der Waals surface area contributed by atoms with Crippen molar-refractivity contribution in [2.75, 3.05) is 5.32 Å². The molecule has 6 nitrogen and oxygen atoms in total. The predicted octanol–water partition coefficient (Wildman–Crippen LogP) is 4.42. The van der Waals surface area contributed by atoms with Crippen molar-refractivity contribution in [2.24, 2.45) is 0 Å². The molecule has 4 aromatic rings. The number of aryl methyl sites for hydroxylation is 1. The second kappa shape index (κ2) is 7.84. The molecule has 140 valence electrons. The van der Waals surface area contributed by atoms with Crippen molar-refractivity contribution in [3.05, 3.63) is 89.4 Å². The van der Waals surface area contributed by atoms with Gasteiger partial charge in [-0.1, -0.05) is 36.4 Å². The summed E-state index contributed by atoms with van der Waals surface area (Å²) in [5.41, 5.74) is 1.82. The number of para-hydroxylation sites is 3. The minimum atomic E-state index is -0.466. The smallest absolute Gasteiger partial charge is 0.419 e. The maximum Gasteiger partial charge on any atom is 0.419 e. The van der Waals surface area contributed by atoms with Crippen molar-refractivity contribution < 1.29 is 13.9 Å². The zero-order valence-corrected chi connectivity index (χ0v) is 15.0. The highest BCUT2D eigenvalue weighted by Gasteiger charge is 2.11. The molecule has 0 aliphatic rings. The summed E-state index contributed by atoms with van der Waals surface area (Å²) in [5.74, 6) is 0.680. The molecule has 4 rings (SSSR count). The van der Waals surface area contributed by atoms with Crippen LogP contribution in [-0.4, -0.2) is 10.5 Å². The lowest BCUT2D eigenvalue weighted by molar-refractivity contribution is -0.116. The van der Waals surface area contributed by atoms with Gasteiger partial charge in [0.2, 0.25) is 5.91 Å². The third kappa shape index (κ3) is 3.96. The number of fused-ring (bicyclic) bond motifs is 1. The molecule has 0 aliphatic carbocycles. The first-order valence-corrected chi connectivity index (χ1v) is 8.90. The number of carbonyl (C=O) groups excluding carboxylic acids is 1. The van der Waals surface area contributed by atoms with Crippen LogP contribution in [0.15, 0.2) is 88.1 Å². The number of nitrogens with one attached hydrogen (secondary N) is 1. The number of hydrogen-bond donors (Lipinski definition) is 1. The van der Waals surface area contributed by atoms with E-state index in [2.05, 4.69) is 5.32 Å². The van der Waals surface area contributed by atoms with Crippen LogP contribution < -0.4 is 15.8 Å². The van der Waals surface area contributed by atoms with Gasteiger partial charge < -0.3 is 14.5 Å². The van der Waals surface area contributed by atoms with Crippen molar-refractivity contribution in [3.63, 3.8) is 0 Å². The zero-order chi connectivity index (χ0) is 19.3. The molecule has 0 fully saturated rings. The molecular formula is C22H18N2O4. The number of oxazole rings is 1. The molecule has 3 aromatic carbocycles. The fraction of sp³-hybridized carbons (Fsp3) is 0.0909. The van der Waals surface area contributed by atoms with Gasteiger partial charge in [0.1, 0.15) is 11.5 Å². The number of nitrogens with zero attached hydrogens (tertiary/aromatic N) is 1. The Hall–Kier alpha value is -3.80. The Morgan fingerprint density at radius 3 is 2.54 bits per heavy atom. The minimum absolute atomic E-state index is 0.146. The Labute approximate surface area is 161 Å². The highest BCUT2D eigenvalue weighted by molar-refractivity contribution is 5.91. The van der Waals surface area contributed by atoms with Crippen LogP contribution in [-0.2, 0) is 11.3 Å². The van der Waals surface area contributed by atoms with Crippen LogP contribution in [0.3, 0.4) is 0 Å². The van der Waals surface area contributed by atoms with Crippen LogP contribution >= 0.6 is 0 Å². The van der Waals surface area contributed by atoms with Crippen molar-refractivity contribution >= 4 is 22.7 Å². The van der Waals surface area contributed by atoms with E-state index < -0.39 is 5.76 Å². The fourth-order valence-corrected chi connectivity index (χ4v) is 2.92. The third-order valence-corrected chi connectivity index (χ3v) is 4.23. The highest BCUT2D eigenvalue weighted by Crippen LogP contribution is 2.24. The molecule has 0 unspecified atom stereocenters. The Kier molecular flexibility index (Phi) is 4.93. The van der Waals surface area contributed by atoms with Gasteiger partial charge in [0, 0.05) is 24.7 Å². The maximum absolute atomic E-state index is 12.3. The van der Waals surface area contributed by atoms with Crippen molar-refractivity contribution in [3.8, 4) is 11.5 Å². The van der Waals surface area contributed by atoms with Gasteiger partial charge in [-0.3, -0.25) is 9.36 Å². The lowest BCUT2D eigenvalue weighted by Gasteiger charge is -2.09. The number of hydrogen-bond acceptors (Lipinski definition) is 4. The minimum Gasteiger partial charge on any atom is -0.457 e. The first-order valence-electron chi connectivity index (χ1n) is 8.90. The SMILES string of the molecule is O=C(CCn1c(=O)oc2ccccc21)Nc1cccc(Oc2ccccc2)c1. The fourth-order valence-electron chi connectivity index (χ4n) is 2.92. The molecule has 1 heterocycles. The lowest BCUT2D eigenvalue weighted by atomic mass is 10.2. The number of rotatable bonds is 6. The van der Waals surface area contributed by atoms with E-state index in [1.54, 1.807) is 30.3 Å². The summed E-state index contributed by atoms with van der Waals surface area (Å²) in [6.45, 7) is 0.238. The van der Waals surface area contributed by atoms with Gasteiger partial charge in [0.25, 0.3) is 0 Å². The maximum atomic E-state index is 12.3. The number of aromatic nitrogens is 1. The molecule has 0 saturated heterocycles. The Bertz CT molecular complexity index is 1160. The van der Waals surface area contributed by atoms with E-state index in [-0.39, 0.29) is 18.9 Å². The first kappa shape index (κ1) is 17.6. The number of amides is 1. The Morgan fingerprint density at radius 2 is 1.68 bits per heavy atom. The first-order chi connectivity index (χ1) is 13.7. The van der Waals surface area contributed by atoms with E-state index in [0.717, 1.165) is 5.75 Å². The van der Waals surface area contributed by atoms with E-state index in [9.17, 15) is 9.59 Å². The van der Waals surface area contributed by atoms with Crippen LogP contribution in [0.2, 0.25) is 0 Å². The second-order valence-corrected chi connectivity index (χ2v) is 6.23. The molecule has 0 radical (unpaired) electrons. The molecule has 0 aliphatic heterocycles. The number of benzene rings is 3. The summed E-state index contributed by atoms with van der Waals surface area (Å²) < 4.78 is 12.4. The summed E-state index contributed by atoms with van der Waals surface area (Å²) in [4.78, 5) is 24.3. The van der Waals surface area contributed by atoms with Gasteiger partial charge in [0.05, 0.1) is 5.52 Å².